The Morgan fingerprint density at radius 3 is 2.55 bits per heavy atom. The number of methoxy groups -OCH3 is 2. The molecule has 0 fully saturated rings. The minimum absolute atomic E-state index is 0.603. The molecular weight excluding hydrogens is 366 g/mol. The van der Waals surface area contributed by atoms with Crippen molar-refractivity contribution >= 4 is 22.9 Å². The van der Waals surface area contributed by atoms with Gasteiger partial charge in [-0.05, 0) is 36.4 Å². The zero-order valence-electron chi connectivity index (χ0n) is 16.0. The standard InChI is InChI=1S/C22H19N5O2/c1-28-17-8-7-16(20(13-17)29-2)14-24-27-22-18-5-3-4-6-19(18)25-21(26-22)15-9-11-23-12-10-15/h3-14H,1-2H3,(H,25,26,27)/b24-14+. The van der Waals surface area contributed by atoms with E-state index in [1.165, 1.54) is 0 Å². The fourth-order valence-corrected chi connectivity index (χ4v) is 2.88. The fourth-order valence-electron chi connectivity index (χ4n) is 2.88. The Labute approximate surface area is 168 Å². The lowest BCUT2D eigenvalue weighted by molar-refractivity contribution is 0.394. The molecule has 144 valence electrons. The van der Waals surface area contributed by atoms with E-state index in [1.54, 1.807) is 32.8 Å². The highest BCUT2D eigenvalue weighted by Crippen LogP contribution is 2.25. The molecule has 2 aromatic heterocycles. The molecule has 0 amide bonds. The number of rotatable bonds is 6. The largest absolute Gasteiger partial charge is 0.497 e. The molecule has 0 aliphatic heterocycles. The number of hydrogen-bond acceptors (Lipinski definition) is 7. The van der Waals surface area contributed by atoms with Crippen LogP contribution in [0, 0.1) is 0 Å². The summed E-state index contributed by atoms with van der Waals surface area (Å²) >= 11 is 0. The number of ether oxygens (including phenoxy) is 2. The first kappa shape index (κ1) is 18.4. The zero-order valence-corrected chi connectivity index (χ0v) is 16.0. The van der Waals surface area contributed by atoms with E-state index in [0.717, 1.165) is 27.8 Å². The summed E-state index contributed by atoms with van der Waals surface area (Å²) in [7, 11) is 3.23. The summed E-state index contributed by atoms with van der Waals surface area (Å²) < 4.78 is 10.6. The van der Waals surface area contributed by atoms with Crippen LogP contribution in [0.3, 0.4) is 0 Å². The number of benzene rings is 2. The van der Waals surface area contributed by atoms with Crippen molar-refractivity contribution in [3.63, 3.8) is 0 Å². The van der Waals surface area contributed by atoms with E-state index in [2.05, 4.69) is 25.5 Å². The molecule has 0 saturated heterocycles. The molecule has 29 heavy (non-hydrogen) atoms. The summed E-state index contributed by atoms with van der Waals surface area (Å²) in [5, 5.41) is 5.24. The molecule has 0 unspecified atom stereocenters. The van der Waals surface area contributed by atoms with Crippen molar-refractivity contribution < 1.29 is 9.47 Å². The van der Waals surface area contributed by atoms with Gasteiger partial charge in [0.25, 0.3) is 0 Å². The number of hydrazone groups is 1. The van der Waals surface area contributed by atoms with E-state index in [-0.39, 0.29) is 0 Å². The number of para-hydroxylation sites is 1. The average Bonchev–Trinajstić information content (AvgIpc) is 2.79. The van der Waals surface area contributed by atoms with Gasteiger partial charge in [-0.1, -0.05) is 12.1 Å². The molecule has 7 nitrogen and oxygen atoms in total. The molecule has 7 heteroatoms. The molecule has 0 saturated carbocycles. The van der Waals surface area contributed by atoms with E-state index >= 15 is 0 Å². The minimum atomic E-state index is 0.603. The van der Waals surface area contributed by atoms with E-state index in [9.17, 15) is 0 Å². The molecule has 2 heterocycles. The smallest absolute Gasteiger partial charge is 0.162 e. The van der Waals surface area contributed by atoms with Crippen LogP contribution in [0.15, 0.2) is 72.1 Å². The monoisotopic (exact) mass is 385 g/mol. The summed E-state index contributed by atoms with van der Waals surface area (Å²) in [6.07, 6.45) is 5.12. The topological polar surface area (TPSA) is 81.5 Å². The highest BCUT2D eigenvalue weighted by atomic mass is 16.5. The Hall–Kier alpha value is -4.00. The van der Waals surface area contributed by atoms with Crippen LogP contribution in [0.2, 0.25) is 0 Å². The Morgan fingerprint density at radius 2 is 1.76 bits per heavy atom. The van der Waals surface area contributed by atoms with Crippen molar-refractivity contribution in [1.29, 1.82) is 0 Å². The van der Waals surface area contributed by atoms with Crippen LogP contribution < -0.4 is 14.9 Å². The second-order valence-electron chi connectivity index (χ2n) is 6.13. The maximum absolute atomic E-state index is 5.41. The summed E-state index contributed by atoms with van der Waals surface area (Å²) in [5.74, 6) is 2.60. The van der Waals surface area contributed by atoms with Gasteiger partial charge in [0.2, 0.25) is 0 Å². The highest BCUT2D eigenvalue weighted by molar-refractivity contribution is 5.91. The zero-order chi connectivity index (χ0) is 20.1. The van der Waals surface area contributed by atoms with Crippen LogP contribution in [-0.2, 0) is 0 Å². The summed E-state index contributed by atoms with van der Waals surface area (Å²) in [6, 6.07) is 17.1. The number of nitrogens with zero attached hydrogens (tertiary/aromatic N) is 4. The lowest BCUT2D eigenvalue weighted by Gasteiger charge is -2.09. The molecule has 0 atom stereocenters. The summed E-state index contributed by atoms with van der Waals surface area (Å²) in [6.45, 7) is 0. The lowest BCUT2D eigenvalue weighted by Crippen LogP contribution is -2.00. The third-order valence-corrected chi connectivity index (χ3v) is 4.36. The predicted octanol–water partition coefficient (Wildman–Crippen LogP) is 4.16. The van der Waals surface area contributed by atoms with Gasteiger partial charge in [0, 0.05) is 35.0 Å². The Morgan fingerprint density at radius 1 is 0.931 bits per heavy atom. The molecule has 1 N–H and O–H groups in total. The van der Waals surface area contributed by atoms with Crippen molar-refractivity contribution in [2.75, 3.05) is 19.6 Å². The van der Waals surface area contributed by atoms with E-state index in [1.807, 2.05) is 54.6 Å². The van der Waals surface area contributed by atoms with E-state index in [4.69, 9.17) is 9.47 Å². The van der Waals surface area contributed by atoms with Crippen LogP contribution in [0.4, 0.5) is 5.82 Å². The van der Waals surface area contributed by atoms with Gasteiger partial charge in [-0.15, -0.1) is 0 Å². The lowest BCUT2D eigenvalue weighted by atomic mass is 10.2. The first-order chi connectivity index (χ1) is 14.3. The quantitative estimate of drug-likeness (QED) is 0.397. The average molecular weight is 385 g/mol. The van der Waals surface area contributed by atoms with Crippen LogP contribution in [0.5, 0.6) is 11.5 Å². The summed E-state index contributed by atoms with van der Waals surface area (Å²) in [5.41, 5.74) is 5.57. The predicted molar refractivity (Wildman–Crippen MR) is 114 cm³/mol. The van der Waals surface area contributed by atoms with Gasteiger partial charge in [0.15, 0.2) is 11.6 Å². The molecule has 0 aliphatic carbocycles. The van der Waals surface area contributed by atoms with Crippen molar-refractivity contribution in [1.82, 2.24) is 15.0 Å². The molecule has 2 aromatic carbocycles. The van der Waals surface area contributed by atoms with E-state index in [0.29, 0.717) is 17.4 Å². The number of fused-ring (bicyclic) bond motifs is 1. The van der Waals surface area contributed by atoms with Crippen LogP contribution in [-0.4, -0.2) is 35.4 Å². The minimum Gasteiger partial charge on any atom is -0.497 e. The van der Waals surface area contributed by atoms with Gasteiger partial charge >= 0.3 is 0 Å². The fraction of sp³-hybridized carbons (Fsp3) is 0.0909. The number of anilines is 1. The van der Waals surface area contributed by atoms with Gasteiger partial charge in [0.1, 0.15) is 11.5 Å². The third kappa shape index (κ3) is 3.98. The van der Waals surface area contributed by atoms with E-state index < -0.39 is 0 Å². The molecule has 0 spiro atoms. The third-order valence-electron chi connectivity index (χ3n) is 4.36. The Bertz CT molecular complexity index is 1160. The van der Waals surface area contributed by atoms with Gasteiger partial charge in [0.05, 0.1) is 26.0 Å². The van der Waals surface area contributed by atoms with Crippen molar-refractivity contribution in [2.24, 2.45) is 5.10 Å². The SMILES string of the molecule is COc1ccc(/C=N/Nc2nc(-c3ccncc3)nc3ccccc23)c(OC)c1. The van der Waals surface area contributed by atoms with Gasteiger partial charge in [-0.3, -0.25) is 10.4 Å². The molecule has 0 bridgehead atoms. The van der Waals surface area contributed by atoms with Gasteiger partial charge < -0.3 is 9.47 Å². The highest BCUT2D eigenvalue weighted by Gasteiger charge is 2.09. The second kappa shape index (κ2) is 8.35. The first-order valence-corrected chi connectivity index (χ1v) is 8.97. The van der Waals surface area contributed by atoms with Crippen molar-refractivity contribution in [2.45, 2.75) is 0 Å². The molecule has 4 aromatic rings. The number of pyridine rings is 1. The van der Waals surface area contributed by atoms with Crippen molar-refractivity contribution in [3.8, 4) is 22.9 Å². The number of aromatic nitrogens is 3. The van der Waals surface area contributed by atoms with Crippen LogP contribution in [0.1, 0.15) is 5.56 Å². The van der Waals surface area contributed by atoms with Gasteiger partial charge in [-0.25, -0.2) is 9.97 Å². The maximum Gasteiger partial charge on any atom is 0.162 e. The Balaban J connectivity index is 1.68. The Kier molecular flexibility index (Phi) is 5.29. The molecule has 0 radical (unpaired) electrons. The number of hydrogen-bond donors (Lipinski definition) is 1. The molecule has 4 rings (SSSR count). The first-order valence-electron chi connectivity index (χ1n) is 8.97. The summed E-state index contributed by atoms with van der Waals surface area (Å²) in [4.78, 5) is 13.4. The van der Waals surface area contributed by atoms with Crippen LogP contribution in [0.25, 0.3) is 22.3 Å². The second-order valence-corrected chi connectivity index (χ2v) is 6.13. The number of nitrogens with one attached hydrogen (secondary N) is 1. The molecule has 0 aliphatic rings. The molecular formula is C22H19N5O2. The van der Waals surface area contributed by atoms with Gasteiger partial charge in [-0.2, -0.15) is 5.10 Å². The van der Waals surface area contributed by atoms with Crippen molar-refractivity contribution in [3.05, 3.63) is 72.6 Å². The maximum atomic E-state index is 5.41. The normalized spacial score (nSPS) is 11.0. The van der Waals surface area contributed by atoms with Crippen LogP contribution >= 0.6 is 0 Å².